The van der Waals surface area contributed by atoms with Gasteiger partial charge in [-0.25, -0.2) is 0 Å². The molecule has 0 spiro atoms. The maximum Gasteiger partial charge on any atom is 0.0817 e. The number of fused-ring (bicyclic) bond motifs is 7. The third-order valence-electron chi connectivity index (χ3n) is 12.9. The van der Waals surface area contributed by atoms with Crippen LogP contribution in [0.4, 0.5) is 0 Å². The molecule has 2 heteroatoms. The van der Waals surface area contributed by atoms with Crippen molar-refractivity contribution in [1.29, 1.82) is 0 Å². The summed E-state index contributed by atoms with van der Waals surface area (Å²) in [4.78, 5) is 0. The standard InChI is InChI=1S/C55H46N2/c1-54(2)47-30-16-27-42(51(47)45-34-38-21-10-11-22-39(38)35-49(45)54)41-25-13-12-18-36(41)32-33-50(57-53(56)37-19-6-4-7-20-37)44-28-17-31-48-52(44)43-26-14-15-29-46(43)55(48,3)40-23-8-5-9-24-40/h4-35,50,53,57H,56H2,1-3H3/b33-32+. The van der Waals surface area contributed by atoms with Crippen molar-refractivity contribution >= 4 is 16.8 Å². The Morgan fingerprint density at radius 3 is 1.88 bits per heavy atom. The first-order chi connectivity index (χ1) is 27.8. The van der Waals surface area contributed by atoms with Gasteiger partial charge in [0.05, 0.1) is 12.2 Å². The van der Waals surface area contributed by atoms with E-state index in [9.17, 15) is 0 Å². The second-order valence-electron chi connectivity index (χ2n) is 16.4. The van der Waals surface area contributed by atoms with Gasteiger partial charge in [-0.3, -0.25) is 5.32 Å². The van der Waals surface area contributed by atoms with Gasteiger partial charge in [0.25, 0.3) is 0 Å². The summed E-state index contributed by atoms with van der Waals surface area (Å²) >= 11 is 0. The molecule has 0 amide bonds. The Bertz CT molecular complexity index is 2830. The van der Waals surface area contributed by atoms with Gasteiger partial charge in [-0.15, -0.1) is 0 Å². The highest BCUT2D eigenvalue weighted by Crippen LogP contribution is 2.55. The van der Waals surface area contributed by atoms with Crippen LogP contribution in [0.3, 0.4) is 0 Å². The minimum atomic E-state index is -0.380. The lowest BCUT2D eigenvalue weighted by atomic mass is 9.74. The summed E-state index contributed by atoms with van der Waals surface area (Å²) in [6, 6.07) is 66.1. The maximum atomic E-state index is 7.03. The van der Waals surface area contributed by atoms with E-state index in [1.165, 1.54) is 83.1 Å². The first-order valence-corrected chi connectivity index (χ1v) is 20.1. The molecular formula is C55H46N2. The van der Waals surface area contributed by atoms with Crippen molar-refractivity contribution < 1.29 is 0 Å². The predicted octanol–water partition coefficient (Wildman–Crippen LogP) is 13.1. The van der Waals surface area contributed by atoms with Crippen molar-refractivity contribution in [2.24, 2.45) is 5.73 Å². The van der Waals surface area contributed by atoms with Gasteiger partial charge in [-0.1, -0.05) is 196 Å². The van der Waals surface area contributed by atoms with E-state index in [-0.39, 0.29) is 23.0 Å². The van der Waals surface area contributed by atoms with E-state index in [0.29, 0.717) is 0 Å². The fourth-order valence-corrected chi connectivity index (χ4v) is 9.89. The van der Waals surface area contributed by atoms with E-state index < -0.39 is 0 Å². The average Bonchev–Trinajstić information content (AvgIpc) is 3.66. The molecular weight excluding hydrogens is 689 g/mol. The molecule has 0 saturated heterocycles. The lowest BCUT2D eigenvalue weighted by Gasteiger charge is -2.29. The Morgan fingerprint density at radius 2 is 1.09 bits per heavy atom. The Hall–Kier alpha value is -6.32. The van der Waals surface area contributed by atoms with Crippen LogP contribution < -0.4 is 11.1 Å². The first kappa shape index (κ1) is 35.1. The first-order valence-electron chi connectivity index (χ1n) is 20.1. The predicted molar refractivity (Wildman–Crippen MR) is 239 cm³/mol. The Kier molecular flexibility index (Phi) is 8.44. The summed E-state index contributed by atoms with van der Waals surface area (Å²) < 4.78 is 0. The number of benzene rings is 8. The zero-order valence-corrected chi connectivity index (χ0v) is 32.7. The average molecular weight is 735 g/mol. The third-order valence-corrected chi connectivity index (χ3v) is 12.9. The molecule has 3 atom stereocenters. The molecule has 2 aliphatic rings. The van der Waals surface area contributed by atoms with E-state index in [2.05, 4.69) is 214 Å². The molecule has 0 heterocycles. The molecule has 0 radical (unpaired) electrons. The van der Waals surface area contributed by atoms with Crippen molar-refractivity contribution in [3.8, 4) is 33.4 Å². The zero-order chi connectivity index (χ0) is 38.7. The Morgan fingerprint density at radius 1 is 0.491 bits per heavy atom. The van der Waals surface area contributed by atoms with Gasteiger partial charge in [-0.2, -0.15) is 0 Å². The van der Waals surface area contributed by atoms with Gasteiger partial charge in [0, 0.05) is 10.8 Å². The molecule has 0 aliphatic heterocycles. The van der Waals surface area contributed by atoms with E-state index >= 15 is 0 Å². The van der Waals surface area contributed by atoms with Crippen LogP contribution in [0.2, 0.25) is 0 Å². The molecule has 0 aromatic heterocycles. The number of rotatable bonds is 8. The third kappa shape index (κ3) is 5.63. The lowest BCUT2D eigenvalue weighted by molar-refractivity contribution is 0.509. The molecule has 3 N–H and O–H groups in total. The fourth-order valence-electron chi connectivity index (χ4n) is 9.89. The number of nitrogens with one attached hydrogen (secondary N) is 1. The Labute approximate surface area is 336 Å². The molecule has 57 heavy (non-hydrogen) atoms. The van der Waals surface area contributed by atoms with Gasteiger partial charge in [0.2, 0.25) is 0 Å². The minimum Gasteiger partial charge on any atom is -0.312 e. The van der Waals surface area contributed by atoms with Gasteiger partial charge in [-0.05, 0) is 108 Å². The van der Waals surface area contributed by atoms with Crippen LogP contribution in [0.1, 0.15) is 77.5 Å². The molecule has 276 valence electrons. The molecule has 0 fully saturated rings. The quantitative estimate of drug-likeness (QED) is 0.153. The van der Waals surface area contributed by atoms with Crippen molar-refractivity contribution in [2.75, 3.05) is 0 Å². The van der Waals surface area contributed by atoms with Crippen LogP contribution in [0.15, 0.2) is 188 Å². The number of hydrogen-bond donors (Lipinski definition) is 2. The van der Waals surface area contributed by atoms with Crippen LogP contribution in [0.25, 0.3) is 50.2 Å². The highest BCUT2D eigenvalue weighted by molar-refractivity contribution is 5.99. The summed E-state index contributed by atoms with van der Waals surface area (Å²) in [6.07, 6.45) is 4.25. The van der Waals surface area contributed by atoms with Crippen molar-refractivity contribution in [1.82, 2.24) is 5.32 Å². The molecule has 8 aromatic rings. The van der Waals surface area contributed by atoms with E-state index in [1.54, 1.807) is 0 Å². The van der Waals surface area contributed by atoms with E-state index in [0.717, 1.165) is 5.56 Å². The normalized spacial score (nSPS) is 17.2. The zero-order valence-electron chi connectivity index (χ0n) is 32.7. The van der Waals surface area contributed by atoms with Crippen molar-refractivity contribution in [2.45, 2.75) is 43.8 Å². The SMILES string of the molecule is CC1(C)c2cc3ccccc3cc2-c2c(-c3ccccc3/C=C/C(NC(N)c3ccccc3)c3cccc4c3-c3ccccc3C4(C)c3ccccc3)cccc21. The number of nitrogens with two attached hydrogens (primary N) is 1. The highest BCUT2D eigenvalue weighted by atomic mass is 15.0. The van der Waals surface area contributed by atoms with Crippen LogP contribution in [0.5, 0.6) is 0 Å². The summed E-state index contributed by atoms with van der Waals surface area (Å²) in [6.45, 7) is 7.11. The lowest BCUT2D eigenvalue weighted by Crippen LogP contribution is -2.32. The summed E-state index contributed by atoms with van der Waals surface area (Å²) in [7, 11) is 0. The molecule has 2 aliphatic carbocycles. The van der Waals surface area contributed by atoms with Crippen LogP contribution >= 0.6 is 0 Å². The van der Waals surface area contributed by atoms with Crippen molar-refractivity contribution in [3.05, 3.63) is 233 Å². The smallest absolute Gasteiger partial charge is 0.0817 e. The van der Waals surface area contributed by atoms with Gasteiger partial charge < -0.3 is 5.73 Å². The second-order valence-corrected chi connectivity index (χ2v) is 16.4. The van der Waals surface area contributed by atoms with Crippen LogP contribution in [0, 0.1) is 0 Å². The largest absolute Gasteiger partial charge is 0.312 e. The number of hydrogen-bond acceptors (Lipinski definition) is 2. The second kappa shape index (κ2) is 13.7. The molecule has 10 rings (SSSR count). The molecule has 3 unspecified atom stereocenters. The van der Waals surface area contributed by atoms with Crippen LogP contribution in [-0.4, -0.2) is 0 Å². The topological polar surface area (TPSA) is 38.0 Å². The molecule has 0 bridgehead atoms. The monoisotopic (exact) mass is 734 g/mol. The van der Waals surface area contributed by atoms with Crippen LogP contribution in [-0.2, 0) is 10.8 Å². The van der Waals surface area contributed by atoms with Gasteiger partial charge in [0.1, 0.15) is 0 Å². The molecule has 2 nitrogen and oxygen atoms in total. The maximum absolute atomic E-state index is 7.03. The van der Waals surface area contributed by atoms with Gasteiger partial charge >= 0.3 is 0 Å². The van der Waals surface area contributed by atoms with Crippen molar-refractivity contribution in [3.63, 3.8) is 0 Å². The molecule has 0 saturated carbocycles. The minimum absolute atomic E-state index is 0.115. The highest BCUT2D eigenvalue weighted by Gasteiger charge is 2.42. The summed E-state index contributed by atoms with van der Waals surface area (Å²) in [5.74, 6) is 0. The van der Waals surface area contributed by atoms with E-state index in [1.807, 2.05) is 6.07 Å². The van der Waals surface area contributed by atoms with Gasteiger partial charge in [0.15, 0.2) is 0 Å². The Balaban J connectivity index is 1.13. The summed E-state index contributed by atoms with van der Waals surface area (Å²) in [5, 5.41) is 6.44. The summed E-state index contributed by atoms with van der Waals surface area (Å²) in [5.41, 5.74) is 24.4. The molecule has 8 aromatic carbocycles. The van der Waals surface area contributed by atoms with E-state index in [4.69, 9.17) is 5.73 Å². The fraction of sp³-hybridized carbons (Fsp3) is 0.127.